The fourth-order valence-electron chi connectivity index (χ4n) is 4.04. The number of rotatable bonds is 5. The molecule has 0 aromatic carbocycles. The second-order valence-corrected chi connectivity index (χ2v) is 8.30. The fraction of sp³-hybridized carbons (Fsp3) is 0.889. The molecular weight excluding hydrogens is 252 g/mol. The van der Waals surface area contributed by atoms with Gasteiger partial charge < -0.3 is 0 Å². The summed E-state index contributed by atoms with van der Waals surface area (Å²) >= 11 is 6.46. The molecule has 1 heteroatoms. The molecule has 3 unspecified atom stereocenters. The van der Waals surface area contributed by atoms with E-state index in [1.165, 1.54) is 31.3 Å². The number of hydrogen-bond acceptors (Lipinski definition) is 0. The van der Waals surface area contributed by atoms with E-state index in [0.717, 1.165) is 5.92 Å². The Hall–Kier alpha value is 0.0300. The number of allylic oxidation sites excluding steroid dienone is 1. The maximum Gasteiger partial charge on any atom is 0.0389 e. The van der Waals surface area contributed by atoms with Gasteiger partial charge >= 0.3 is 0 Å². The summed E-state index contributed by atoms with van der Waals surface area (Å²) in [4.78, 5) is 0. The normalized spacial score (nSPS) is 33.4. The van der Waals surface area contributed by atoms with E-state index in [-0.39, 0.29) is 0 Å². The van der Waals surface area contributed by atoms with Gasteiger partial charge in [-0.1, -0.05) is 53.7 Å². The molecule has 1 aliphatic rings. The Morgan fingerprint density at radius 2 is 1.89 bits per heavy atom. The maximum absolute atomic E-state index is 6.46. The van der Waals surface area contributed by atoms with E-state index in [9.17, 15) is 0 Å². The molecule has 0 aromatic rings. The van der Waals surface area contributed by atoms with Gasteiger partial charge in [0, 0.05) is 5.38 Å². The van der Waals surface area contributed by atoms with Gasteiger partial charge in [-0.25, -0.2) is 0 Å². The van der Waals surface area contributed by atoms with Gasteiger partial charge in [0.2, 0.25) is 0 Å². The van der Waals surface area contributed by atoms with E-state index in [1.54, 1.807) is 0 Å². The predicted molar refractivity (Wildman–Crippen MR) is 87.7 cm³/mol. The second-order valence-electron chi connectivity index (χ2n) is 7.80. The SMILES string of the molecule is C=C(CCC1CC(C)[C@H](Cl)C1C)[C@@H](CC)C(C)(C)C. The van der Waals surface area contributed by atoms with Crippen LogP contribution in [0.25, 0.3) is 0 Å². The van der Waals surface area contributed by atoms with Crippen LogP contribution in [0.1, 0.15) is 67.2 Å². The molecule has 0 N–H and O–H groups in total. The van der Waals surface area contributed by atoms with Crippen molar-refractivity contribution in [2.24, 2.45) is 29.1 Å². The Balaban J connectivity index is 2.51. The van der Waals surface area contributed by atoms with Gasteiger partial charge in [0.05, 0.1) is 0 Å². The van der Waals surface area contributed by atoms with Gasteiger partial charge in [0.1, 0.15) is 0 Å². The highest BCUT2D eigenvalue weighted by molar-refractivity contribution is 6.21. The summed E-state index contributed by atoms with van der Waals surface area (Å²) in [5.74, 6) is 2.79. The van der Waals surface area contributed by atoms with Crippen molar-refractivity contribution >= 4 is 11.6 Å². The van der Waals surface area contributed by atoms with Crippen molar-refractivity contribution in [3.63, 3.8) is 0 Å². The zero-order chi connectivity index (χ0) is 14.8. The van der Waals surface area contributed by atoms with Crippen LogP contribution < -0.4 is 0 Å². The minimum Gasteiger partial charge on any atom is -0.122 e. The fourth-order valence-corrected chi connectivity index (χ4v) is 4.35. The summed E-state index contributed by atoms with van der Waals surface area (Å²) in [6.45, 7) is 18.3. The van der Waals surface area contributed by atoms with Gasteiger partial charge in [-0.05, 0) is 54.8 Å². The molecule has 0 nitrogen and oxygen atoms in total. The Morgan fingerprint density at radius 1 is 1.32 bits per heavy atom. The molecule has 0 radical (unpaired) electrons. The molecule has 0 spiro atoms. The van der Waals surface area contributed by atoms with Crippen LogP contribution in [0, 0.1) is 29.1 Å². The number of alkyl halides is 1. The summed E-state index contributed by atoms with van der Waals surface area (Å²) in [6.07, 6.45) is 4.97. The Bertz CT molecular complexity index is 299. The van der Waals surface area contributed by atoms with Crippen molar-refractivity contribution in [1.29, 1.82) is 0 Å². The molecule has 1 aliphatic carbocycles. The Labute approximate surface area is 126 Å². The summed E-state index contributed by atoms with van der Waals surface area (Å²) < 4.78 is 0. The maximum atomic E-state index is 6.46. The molecule has 112 valence electrons. The highest BCUT2D eigenvalue weighted by Crippen LogP contribution is 2.43. The molecule has 0 aromatic heterocycles. The van der Waals surface area contributed by atoms with Crippen molar-refractivity contribution in [2.75, 3.05) is 0 Å². The van der Waals surface area contributed by atoms with Gasteiger partial charge in [-0.2, -0.15) is 0 Å². The minimum atomic E-state index is 0.343. The zero-order valence-electron chi connectivity index (χ0n) is 13.8. The molecule has 1 rings (SSSR count). The first-order valence-corrected chi connectivity index (χ1v) is 8.43. The smallest absolute Gasteiger partial charge is 0.0389 e. The van der Waals surface area contributed by atoms with Crippen molar-refractivity contribution in [3.8, 4) is 0 Å². The van der Waals surface area contributed by atoms with Crippen LogP contribution in [-0.4, -0.2) is 5.38 Å². The van der Waals surface area contributed by atoms with Crippen LogP contribution in [0.2, 0.25) is 0 Å². The average molecular weight is 285 g/mol. The van der Waals surface area contributed by atoms with Crippen molar-refractivity contribution in [2.45, 2.75) is 72.6 Å². The molecular formula is C18H33Cl. The lowest BCUT2D eigenvalue weighted by molar-refractivity contribution is 0.261. The standard InChI is InChI=1S/C18H33Cl/c1-8-16(18(5,6)7)12(2)9-10-15-11-13(3)17(19)14(15)4/h13-17H,2,8-11H2,1,3-7H3/t13?,14?,15?,16-,17+/m1/s1. The molecule has 0 aliphatic heterocycles. The van der Waals surface area contributed by atoms with Crippen LogP contribution in [-0.2, 0) is 0 Å². The first-order chi connectivity index (χ1) is 8.68. The number of halogens is 1. The van der Waals surface area contributed by atoms with Crippen molar-refractivity contribution < 1.29 is 0 Å². The lowest BCUT2D eigenvalue weighted by Gasteiger charge is -2.32. The first-order valence-electron chi connectivity index (χ1n) is 8.00. The number of hydrogen-bond donors (Lipinski definition) is 0. The molecule has 5 atom stereocenters. The van der Waals surface area contributed by atoms with Crippen LogP contribution in [0.4, 0.5) is 0 Å². The monoisotopic (exact) mass is 284 g/mol. The van der Waals surface area contributed by atoms with E-state index < -0.39 is 0 Å². The van der Waals surface area contributed by atoms with E-state index in [1.807, 2.05) is 0 Å². The largest absolute Gasteiger partial charge is 0.122 e. The van der Waals surface area contributed by atoms with Gasteiger partial charge in [-0.3, -0.25) is 0 Å². The quantitative estimate of drug-likeness (QED) is 0.411. The molecule has 19 heavy (non-hydrogen) atoms. The van der Waals surface area contributed by atoms with Crippen molar-refractivity contribution in [1.82, 2.24) is 0 Å². The third kappa shape index (κ3) is 4.25. The second kappa shape index (κ2) is 6.66. The van der Waals surface area contributed by atoms with Gasteiger partial charge in [0.15, 0.2) is 0 Å². The molecule has 0 amide bonds. The van der Waals surface area contributed by atoms with E-state index in [0.29, 0.717) is 28.5 Å². The highest BCUT2D eigenvalue weighted by Gasteiger charge is 2.37. The topological polar surface area (TPSA) is 0 Å². The minimum absolute atomic E-state index is 0.343. The Morgan fingerprint density at radius 3 is 2.26 bits per heavy atom. The summed E-state index contributed by atoms with van der Waals surface area (Å²) in [5.41, 5.74) is 1.79. The van der Waals surface area contributed by atoms with Crippen LogP contribution in [0.15, 0.2) is 12.2 Å². The predicted octanol–water partition coefficient (Wildman–Crippen LogP) is 6.29. The third-order valence-electron chi connectivity index (χ3n) is 5.25. The van der Waals surface area contributed by atoms with Gasteiger partial charge in [0.25, 0.3) is 0 Å². The lowest BCUT2D eigenvalue weighted by atomic mass is 9.73. The van der Waals surface area contributed by atoms with E-state index in [4.69, 9.17) is 11.6 Å². The van der Waals surface area contributed by atoms with Crippen LogP contribution in [0.5, 0.6) is 0 Å². The first kappa shape index (κ1) is 17.1. The van der Waals surface area contributed by atoms with Crippen LogP contribution in [0.3, 0.4) is 0 Å². The highest BCUT2D eigenvalue weighted by atomic mass is 35.5. The lowest BCUT2D eigenvalue weighted by Crippen LogP contribution is -2.22. The van der Waals surface area contributed by atoms with Crippen molar-refractivity contribution in [3.05, 3.63) is 12.2 Å². The summed E-state index contributed by atoms with van der Waals surface area (Å²) in [6, 6.07) is 0. The van der Waals surface area contributed by atoms with Gasteiger partial charge in [-0.15, -0.1) is 11.6 Å². The Kier molecular flexibility index (Phi) is 5.98. The van der Waals surface area contributed by atoms with Crippen LogP contribution >= 0.6 is 11.6 Å². The van der Waals surface area contributed by atoms with E-state index >= 15 is 0 Å². The molecule has 1 saturated carbocycles. The summed E-state index contributed by atoms with van der Waals surface area (Å²) in [7, 11) is 0. The summed E-state index contributed by atoms with van der Waals surface area (Å²) in [5, 5.41) is 0.378. The molecule has 1 fully saturated rings. The van der Waals surface area contributed by atoms with E-state index in [2.05, 4.69) is 48.1 Å². The molecule has 0 saturated heterocycles. The average Bonchev–Trinajstić information content (AvgIpc) is 2.53. The third-order valence-corrected chi connectivity index (χ3v) is 6.07. The molecule has 0 bridgehead atoms. The molecule has 0 heterocycles. The zero-order valence-corrected chi connectivity index (χ0v) is 14.6.